The number of imidazole rings is 1. The Kier molecular flexibility index (Phi) is 5.99. The van der Waals surface area contributed by atoms with Crippen LogP contribution in [0.4, 0.5) is 4.79 Å². The molecule has 29 heavy (non-hydrogen) atoms. The quantitative estimate of drug-likeness (QED) is 0.851. The number of piperazine rings is 1. The van der Waals surface area contributed by atoms with Crippen LogP contribution in [0.1, 0.15) is 31.5 Å². The van der Waals surface area contributed by atoms with E-state index in [9.17, 15) is 9.59 Å². The number of likely N-dealkylation sites (tertiary alicyclic amines) is 1. The fraction of sp³-hybridized carbons (Fsp3) is 0.571. The molecule has 8 heteroatoms. The van der Waals surface area contributed by atoms with Gasteiger partial charge in [0.05, 0.1) is 24.2 Å². The Morgan fingerprint density at radius 1 is 1.07 bits per heavy atom. The molecule has 4 rings (SSSR count). The second-order valence-corrected chi connectivity index (χ2v) is 7.76. The second kappa shape index (κ2) is 8.82. The zero-order valence-electron chi connectivity index (χ0n) is 17.0. The van der Waals surface area contributed by atoms with Gasteiger partial charge in [0.25, 0.3) is 0 Å². The van der Waals surface area contributed by atoms with Gasteiger partial charge in [-0.25, -0.2) is 9.78 Å². The van der Waals surface area contributed by atoms with Gasteiger partial charge in [-0.1, -0.05) is 12.1 Å². The lowest BCUT2D eigenvalue weighted by molar-refractivity contribution is -0.134. The first kappa shape index (κ1) is 19.7. The van der Waals surface area contributed by atoms with Gasteiger partial charge < -0.3 is 19.5 Å². The molecule has 0 saturated carbocycles. The predicted octanol–water partition coefficient (Wildman–Crippen LogP) is 2.04. The number of para-hydroxylation sites is 2. The lowest BCUT2D eigenvalue weighted by atomic mass is 9.96. The van der Waals surface area contributed by atoms with Crippen LogP contribution in [0.2, 0.25) is 0 Å². The summed E-state index contributed by atoms with van der Waals surface area (Å²) in [6.07, 6.45) is 1.72. The van der Waals surface area contributed by atoms with Crippen molar-refractivity contribution in [2.75, 3.05) is 52.4 Å². The van der Waals surface area contributed by atoms with Gasteiger partial charge in [0.1, 0.15) is 5.82 Å². The number of aromatic amines is 1. The molecule has 2 aliphatic heterocycles. The highest BCUT2D eigenvalue weighted by Crippen LogP contribution is 2.27. The molecule has 0 radical (unpaired) electrons. The molecule has 2 amide bonds. The average Bonchev–Trinajstić information content (AvgIpc) is 3.19. The van der Waals surface area contributed by atoms with Crippen molar-refractivity contribution in [1.82, 2.24) is 24.7 Å². The summed E-state index contributed by atoms with van der Waals surface area (Å²) in [5, 5.41) is 0. The number of carbonyl (C=O) groups is 2. The van der Waals surface area contributed by atoms with Crippen LogP contribution >= 0.6 is 0 Å². The van der Waals surface area contributed by atoms with E-state index in [-0.39, 0.29) is 12.0 Å². The molecule has 1 N–H and O–H groups in total. The summed E-state index contributed by atoms with van der Waals surface area (Å²) < 4.78 is 5.03. The standard InChI is InChI=1S/C21H29N5O3/c1-2-29-21(28)26-13-11-25(12-14-26)19(27)15-24-9-7-16(8-10-24)20-22-17-5-3-4-6-18(17)23-20/h3-6,16H,2,7-15H2,1H3,(H,22,23). The summed E-state index contributed by atoms with van der Waals surface area (Å²) >= 11 is 0. The van der Waals surface area contributed by atoms with Crippen molar-refractivity contribution in [3.05, 3.63) is 30.1 Å². The summed E-state index contributed by atoms with van der Waals surface area (Å²) in [4.78, 5) is 38.4. The van der Waals surface area contributed by atoms with E-state index in [0.717, 1.165) is 42.8 Å². The SMILES string of the molecule is CCOC(=O)N1CCN(C(=O)CN2CCC(c3nc4ccccc4[nH]3)CC2)CC1. The number of carbonyl (C=O) groups excluding carboxylic acids is 2. The third-order valence-corrected chi connectivity index (χ3v) is 5.90. The lowest BCUT2D eigenvalue weighted by Crippen LogP contribution is -2.53. The van der Waals surface area contributed by atoms with E-state index >= 15 is 0 Å². The highest BCUT2D eigenvalue weighted by molar-refractivity contribution is 5.79. The van der Waals surface area contributed by atoms with Gasteiger partial charge in [0.2, 0.25) is 5.91 Å². The number of H-pyrrole nitrogens is 1. The molecule has 2 aliphatic rings. The summed E-state index contributed by atoms with van der Waals surface area (Å²) in [5.74, 6) is 1.63. The van der Waals surface area contributed by atoms with Gasteiger partial charge in [0.15, 0.2) is 0 Å². The Morgan fingerprint density at radius 3 is 2.45 bits per heavy atom. The number of nitrogens with one attached hydrogen (secondary N) is 1. The van der Waals surface area contributed by atoms with Crippen molar-refractivity contribution in [1.29, 1.82) is 0 Å². The highest BCUT2D eigenvalue weighted by Gasteiger charge is 2.28. The minimum Gasteiger partial charge on any atom is -0.450 e. The molecule has 2 fully saturated rings. The molecule has 0 spiro atoms. The molecule has 0 bridgehead atoms. The number of fused-ring (bicyclic) bond motifs is 1. The molecule has 1 aromatic carbocycles. The van der Waals surface area contributed by atoms with Crippen LogP contribution in [0.3, 0.4) is 0 Å². The Morgan fingerprint density at radius 2 is 1.76 bits per heavy atom. The molecule has 2 saturated heterocycles. The number of amides is 2. The molecule has 2 aromatic rings. The smallest absolute Gasteiger partial charge is 0.409 e. The molecule has 156 valence electrons. The van der Waals surface area contributed by atoms with E-state index in [1.54, 1.807) is 11.8 Å². The van der Waals surface area contributed by atoms with Crippen molar-refractivity contribution in [2.45, 2.75) is 25.7 Å². The summed E-state index contributed by atoms with van der Waals surface area (Å²) in [6, 6.07) is 8.12. The van der Waals surface area contributed by atoms with Crippen LogP contribution in [0.15, 0.2) is 24.3 Å². The molecular weight excluding hydrogens is 370 g/mol. The van der Waals surface area contributed by atoms with Crippen molar-refractivity contribution in [3.63, 3.8) is 0 Å². The van der Waals surface area contributed by atoms with Crippen LogP contribution < -0.4 is 0 Å². The maximum absolute atomic E-state index is 12.7. The van der Waals surface area contributed by atoms with Crippen molar-refractivity contribution in [3.8, 4) is 0 Å². The number of benzene rings is 1. The molecule has 0 atom stereocenters. The Hall–Kier alpha value is -2.61. The number of nitrogens with zero attached hydrogens (tertiary/aromatic N) is 4. The van der Waals surface area contributed by atoms with Crippen LogP contribution in [0.5, 0.6) is 0 Å². The zero-order valence-corrected chi connectivity index (χ0v) is 17.0. The van der Waals surface area contributed by atoms with Gasteiger partial charge >= 0.3 is 6.09 Å². The van der Waals surface area contributed by atoms with E-state index in [1.165, 1.54) is 0 Å². The van der Waals surface area contributed by atoms with Crippen LogP contribution in [0, 0.1) is 0 Å². The van der Waals surface area contributed by atoms with Crippen LogP contribution in [-0.4, -0.2) is 89.1 Å². The van der Waals surface area contributed by atoms with Crippen molar-refractivity contribution < 1.29 is 14.3 Å². The first-order chi connectivity index (χ1) is 14.1. The molecular formula is C21H29N5O3. The van der Waals surface area contributed by atoms with E-state index in [1.807, 2.05) is 23.1 Å². The van der Waals surface area contributed by atoms with Crippen LogP contribution in [-0.2, 0) is 9.53 Å². The lowest BCUT2D eigenvalue weighted by Gasteiger charge is -2.36. The number of hydrogen-bond donors (Lipinski definition) is 1. The van der Waals surface area contributed by atoms with Crippen LogP contribution in [0.25, 0.3) is 11.0 Å². The number of hydrogen-bond acceptors (Lipinski definition) is 5. The van der Waals surface area contributed by atoms with E-state index in [4.69, 9.17) is 9.72 Å². The summed E-state index contributed by atoms with van der Waals surface area (Å²) in [5.41, 5.74) is 2.10. The second-order valence-electron chi connectivity index (χ2n) is 7.76. The van der Waals surface area contributed by atoms with Crippen molar-refractivity contribution in [2.24, 2.45) is 0 Å². The maximum Gasteiger partial charge on any atom is 0.409 e. The van der Waals surface area contributed by atoms with E-state index in [0.29, 0.717) is 45.2 Å². The number of rotatable bonds is 4. The molecule has 0 aliphatic carbocycles. The average molecular weight is 399 g/mol. The summed E-state index contributed by atoms with van der Waals surface area (Å²) in [7, 11) is 0. The minimum absolute atomic E-state index is 0.149. The van der Waals surface area contributed by atoms with E-state index in [2.05, 4.69) is 16.0 Å². The fourth-order valence-electron chi connectivity index (χ4n) is 4.17. The Labute approximate surface area is 170 Å². The number of aromatic nitrogens is 2. The first-order valence-electron chi connectivity index (χ1n) is 10.5. The van der Waals surface area contributed by atoms with Gasteiger partial charge in [-0.05, 0) is 45.0 Å². The third kappa shape index (κ3) is 4.53. The maximum atomic E-state index is 12.7. The first-order valence-corrected chi connectivity index (χ1v) is 10.5. The topological polar surface area (TPSA) is 81.8 Å². The monoisotopic (exact) mass is 399 g/mol. The van der Waals surface area contributed by atoms with Crippen molar-refractivity contribution >= 4 is 23.0 Å². The van der Waals surface area contributed by atoms with Gasteiger partial charge in [0, 0.05) is 32.1 Å². The van der Waals surface area contributed by atoms with Gasteiger partial charge in [-0.3, -0.25) is 9.69 Å². The Bertz CT molecular complexity index is 818. The number of piperidine rings is 1. The fourth-order valence-corrected chi connectivity index (χ4v) is 4.17. The third-order valence-electron chi connectivity index (χ3n) is 5.90. The molecule has 1 aromatic heterocycles. The molecule has 8 nitrogen and oxygen atoms in total. The number of ether oxygens (including phenoxy) is 1. The highest BCUT2D eigenvalue weighted by atomic mass is 16.6. The summed E-state index contributed by atoms with van der Waals surface area (Å²) in [6.45, 7) is 6.66. The van der Waals surface area contributed by atoms with Gasteiger partial charge in [-0.15, -0.1) is 0 Å². The largest absolute Gasteiger partial charge is 0.450 e. The molecule has 0 unspecified atom stereocenters. The zero-order chi connectivity index (χ0) is 20.2. The molecule has 3 heterocycles. The normalized spacial score (nSPS) is 18.9. The van der Waals surface area contributed by atoms with E-state index < -0.39 is 0 Å². The minimum atomic E-state index is -0.285. The predicted molar refractivity (Wildman–Crippen MR) is 110 cm³/mol. The Balaban J connectivity index is 1.23. The van der Waals surface area contributed by atoms with Gasteiger partial charge in [-0.2, -0.15) is 0 Å².